The van der Waals surface area contributed by atoms with Gasteiger partial charge >= 0.3 is 0 Å². The van der Waals surface area contributed by atoms with Crippen LogP contribution in [0.25, 0.3) is 0 Å². The maximum atomic E-state index is 12.1. The van der Waals surface area contributed by atoms with E-state index in [1.165, 1.54) is 12.3 Å². The molecule has 1 aromatic heterocycles. The number of aliphatic hydroxyl groups is 1. The van der Waals surface area contributed by atoms with E-state index >= 15 is 0 Å². The predicted molar refractivity (Wildman–Crippen MR) is 71.9 cm³/mol. The van der Waals surface area contributed by atoms with Crippen LogP contribution in [0, 0.1) is 11.3 Å². The SMILES string of the molecule is CC(C)C1(CNS(=O)(=O)c2ccc(CO)cn2)CC1. The predicted octanol–water partition coefficient (Wildman–Crippen LogP) is 1.29. The van der Waals surface area contributed by atoms with Crippen molar-refractivity contribution < 1.29 is 13.5 Å². The van der Waals surface area contributed by atoms with Gasteiger partial charge in [0, 0.05) is 12.7 Å². The summed E-state index contributed by atoms with van der Waals surface area (Å²) in [5, 5.41) is 8.91. The first-order valence-corrected chi connectivity index (χ1v) is 7.93. The number of nitrogens with zero attached hydrogens (tertiary/aromatic N) is 1. The molecule has 5 nitrogen and oxygen atoms in total. The third-order valence-corrected chi connectivity index (χ3v) is 5.30. The molecule has 1 heterocycles. The second-order valence-electron chi connectivity index (χ2n) is 5.50. The van der Waals surface area contributed by atoms with Crippen molar-refractivity contribution in [2.75, 3.05) is 6.54 Å². The van der Waals surface area contributed by atoms with Gasteiger partial charge in [-0.2, -0.15) is 0 Å². The minimum Gasteiger partial charge on any atom is -0.392 e. The number of aromatic nitrogens is 1. The molecule has 0 amide bonds. The lowest BCUT2D eigenvalue weighted by molar-refractivity contribution is 0.281. The van der Waals surface area contributed by atoms with Crippen molar-refractivity contribution in [3.63, 3.8) is 0 Å². The Kier molecular flexibility index (Phi) is 3.94. The fraction of sp³-hybridized carbons (Fsp3) is 0.615. The molecule has 1 fully saturated rings. The highest BCUT2D eigenvalue weighted by atomic mass is 32.2. The molecule has 1 aliphatic rings. The minimum absolute atomic E-state index is 0.00394. The van der Waals surface area contributed by atoms with E-state index in [0.29, 0.717) is 18.0 Å². The Morgan fingerprint density at radius 2 is 2.11 bits per heavy atom. The molecule has 2 N–H and O–H groups in total. The number of nitrogens with one attached hydrogen (secondary N) is 1. The van der Waals surface area contributed by atoms with E-state index < -0.39 is 10.0 Å². The standard InChI is InChI=1S/C13H20N2O3S/c1-10(2)13(5-6-13)9-15-19(17,18)12-4-3-11(8-16)7-14-12/h3-4,7,10,15-16H,5-6,8-9H2,1-2H3. The van der Waals surface area contributed by atoms with E-state index in [0.717, 1.165) is 12.8 Å². The molecule has 0 aliphatic heterocycles. The molecular weight excluding hydrogens is 264 g/mol. The zero-order chi connectivity index (χ0) is 14.1. The Balaban J connectivity index is 2.06. The van der Waals surface area contributed by atoms with Crippen LogP contribution >= 0.6 is 0 Å². The number of sulfonamides is 1. The summed E-state index contributed by atoms with van der Waals surface area (Å²) in [7, 11) is -3.55. The Morgan fingerprint density at radius 1 is 1.42 bits per heavy atom. The van der Waals surface area contributed by atoms with Crippen molar-refractivity contribution in [1.29, 1.82) is 0 Å². The largest absolute Gasteiger partial charge is 0.392 e. The first-order valence-electron chi connectivity index (χ1n) is 6.45. The molecule has 0 unspecified atom stereocenters. The van der Waals surface area contributed by atoms with Crippen LogP contribution in [-0.2, 0) is 16.6 Å². The summed E-state index contributed by atoms with van der Waals surface area (Å²) in [6.45, 7) is 4.57. The van der Waals surface area contributed by atoms with Crippen LogP contribution in [0.1, 0.15) is 32.3 Å². The quantitative estimate of drug-likeness (QED) is 0.825. The second-order valence-corrected chi connectivity index (χ2v) is 7.22. The van der Waals surface area contributed by atoms with E-state index in [9.17, 15) is 8.42 Å². The third kappa shape index (κ3) is 3.13. The lowest BCUT2D eigenvalue weighted by Crippen LogP contribution is -2.33. The first-order chi connectivity index (χ1) is 8.89. The van der Waals surface area contributed by atoms with Crippen molar-refractivity contribution in [2.45, 2.75) is 38.3 Å². The van der Waals surface area contributed by atoms with Gasteiger partial charge in [-0.15, -0.1) is 0 Å². The maximum Gasteiger partial charge on any atom is 0.258 e. The van der Waals surface area contributed by atoms with Gasteiger partial charge in [-0.3, -0.25) is 0 Å². The Labute approximate surface area is 114 Å². The van der Waals surface area contributed by atoms with Gasteiger partial charge in [-0.1, -0.05) is 19.9 Å². The lowest BCUT2D eigenvalue weighted by Gasteiger charge is -2.19. The summed E-state index contributed by atoms with van der Waals surface area (Å²) in [6.07, 6.45) is 3.53. The molecule has 0 aromatic carbocycles. The van der Waals surface area contributed by atoms with Crippen molar-refractivity contribution in [3.05, 3.63) is 23.9 Å². The summed E-state index contributed by atoms with van der Waals surface area (Å²) in [5.74, 6) is 0.472. The van der Waals surface area contributed by atoms with Gasteiger partial charge in [0.25, 0.3) is 10.0 Å². The van der Waals surface area contributed by atoms with Crippen LogP contribution in [-0.4, -0.2) is 25.1 Å². The van der Waals surface area contributed by atoms with E-state index in [2.05, 4.69) is 23.6 Å². The molecule has 1 aliphatic carbocycles. The molecule has 19 heavy (non-hydrogen) atoms. The first kappa shape index (κ1) is 14.4. The molecule has 6 heteroatoms. The number of aliphatic hydroxyl groups excluding tert-OH is 1. The fourth-order valence-corrected chi connectivity index (χ4v) is 3.16. The summed E-state index contributed by atoms with van der Waals surface area (Å²) in [4.78, 5) is 3.88. The van der Waals surface area contributed by atoms with E-state index in [1.54, 1.807) is 6.07 Å². The topological polar surface area (TPSA) is 79.3 Å². The molecule has 0 atom stereocenters. The van der Waals surface area contributed by atoms with Crippen molar-refractivity contribution in [1.82, 2.24) is 9.71 Å². The van der Waals surface area contributed by atoms with Crippen LogP contribution in [0.5, 0.6) is 0 Å². The highest BCUT2D eigenvalue weighted by molar-refractivity contribution is 7.89. The Bertz CT molecular complexity index is 534. The Morgan fingerprint density at radius 3 is 2.53 bits per heavy atom. The van der Waals surface area contributed by atoms with Gasteiger partial charge < -0.3 is 5.11 Å². The monoisotopic (exact) mass is 284 g/mol. The average molecular weight is 284 g/mol. The van der Waals surface area contributed by atoms with Gasteiger partial charge in [0.15, 0.2) is 5.03 Å². The van der Waals surface area contributed by atoms with Crippen LogP contribution in [0.3, 0.4) is 0 Å². The van der Waals surface area contributed by atoms with E-state index in [-0.39, 0.29) is 17.0 Å². The molecule has 0 bridgehead atoms. The zero-order valence-electron chi connectivity index (χ0n) is 11.3. The number of hydrogen-bond donors (Lipinski definition) is 2. The molecule has 0 saturated heterocycles. The molecule has 0 radical (unpaired) electrons. The van der Waals surface area contributed by atoms with Gasteiger partial charge in [0.2, 0.25) is 0 Å². The van der Waals surface area contributed by atoms with Crippen molar-refractivity contribution >= 4 is 10.0 Å². The summed E-state index contributed by atoms with van der Waals surface area (Å²) < 4.78 is 26.8. The highest BCUT2D eigenvalue weighted by Gasteiger charge is 2.45. The second kappa shape index (κ2) is 5.19. The third-order valence-electron chi connectivity index (χ3n) is 3.99. The molecule has 2 rings (SSSR count). The normalized spacial score (nSPS) is 17.7. The highest BCUT2D eigenvalue weighted by Crippen LogP contribution is 2.51. The fourth-order valence-electron chi connectivity index (χ4n) is 2.09. The number of rotatable bonds is 6. The van der Waals surface area contributed by atoms with Gasteiger partial charge in [0.1, 0.15) is 0 Å². The van der Waals surface area contributed by atoms with Crippen LogP contribution < -0.4 is 4.72 Å². The number of hydrogen-bond acceptors (Lipinski definition) is 4. The van der Waals surface area contributed by atoms with Gasteiger partial charge in [-0.25, -0.2) is 18.1 Å². The molecule has 1 aromatic rings. The average Bonchev–Trinajstić information content (AvgIpc) is 3.18. The van der Waals surface area contributed by atoms with Crippen molar-refractivity contribution in [2.24, 2.45) is 11.3 Å². The minimum atomic E-state index is -3.55. The molecular formula is C13H20N2O3S. The number of pyridine rings is 1. The summed E-state index contributed by atoms with van der Waals surface area (Å²) in [5.41, 5.74) is 0.720. The maximum absolute atomic E-state index is 12.1. The Hall–Kier alpha value is -0.980. The summed E-state index contributed by atoms with van der Waals surface area (Å²) >= 11 is 0. The van der Waals surface area contributed by atoms with Crippen LogP contribution in [0.2, 0.25) is 0 Å². The van der Waals surface area contributed by atoms with E-state index in [1.807, 2.05) is 0 Å². The van der Waals surface area contributed by atoms with Crippen LogP contribution in [0.4, 0.5) is 0 Å². The molecule has 1 saturated carbocycles. The van der Waals surface area contributed by atoms with Crippen molar-refractivity contribution in [3.8, 4) is 0 Å². The smallest absolute Gasteiger partial charge is 0.258 e. The zero-order valence-corrected chi connectivity index (χ0v) is 12.1. The van der Waals surface area contributed by atoms with Gasteiger partial charge in [0.05, 0.1) is 6.61 Å². The van der Waals surface area contributed by atoms with Gasteiger partial charge in [-0.05, 0) is 35.8 Å². The molecule has 0 spiro atoms. The summed E-state index contributed by atoms with van der Waals surface area (Å²) in [6, 6.07) is 2.99. The van der Waals surface area contributed by atoms with Crippen LogP contribution in [0.15, 0.2) is 23.4 Å². The lowest BCUT2D eigenvalue weighted by atomic mass is 9.93. The van der Waals surface area contributed by atoms with E-state index in [4.69, 9.17) is 5.11 Å². The molecule has 106 valence electrons.